The second kappa shape index (κ2) is 25.2. The van der Waals surface area contributed by atoms with Crippen LogP contribution >= 0.6 is 15.8 Å². The molecule has 6 aromatic rings. The molecule has 0 N–H and O–H groups in total. The number of hydrogen-bond donors (Lipinski definition) is 0. The van der Waals surface area contributed by atoms with Crippen molar-refractivity contribution in [1.29, 1.82) is 0 Å². The van der Waals surface area contributed by atoms with Gasteiger partial charge in [0.25, 0.3) is 0 Å². The third-order valence-corrected chi connectivity index (χ3v) is 13.7. The molecular weight excluding hydrogens is 864 g/mol. The molecule has 0 amide bonds. The molecular formula is C44H38B2F8FeN2OP2. The van der Waals surface area contributed by atoms with Crippen LogP contribution in [-0.2, 0) is 21.7 Å². The third-order valence-electron chi connectivity index (χ3n) is 8.67. The number of rotatable bonds is 10. The Kier molecular flexibility index (Phi) is 20.9. The molecule has 0 spiro atoms. The first-order valence-electron chi connectivity index (χ1n) is 18.3. The maximum absolute atomic E-state index is 9.75. The van der Waals surface area contributed by atoms with Crippen LogP contribution in [0.2, 0.25) is 0 Å². The van der Waals surface area contributed by atoms with E-state index in [0.717, 1.165) is 19.3 Å². The predicted molar refractivity (Wildman–Crippen MR) is 231 cm³/mol. The predicted octanol–water partition coefficient (Wildman–Crippen LogP) is 10.2. The summed E-state index contributed by atoms with van der Waals surface area (Å²) in [6.45, 7) is 4.50. The van der Waals surface area contributed by atoms with Crippen LogP contribution in [0.3, 0.4) is 0 Å². The van der Waals surface area contributed by atoms with Crippen molar-refractivity contribution < 1.29 is 56.2 Å². The Balaban J connectivity index is 0.000000657. The zero-order valence-corrected chi connectivity index (χ0v) is 34.7. The standard InChI is InChI=1S/C43H38N2P2.CO.2BF4.Fe/c1-5-20-36(21-6-1)46(37-22-7-2-8-23-37)42-30-15-13-18-34(42)32-44-40-28-17-29-41(40)45-33-35-19-14-16-31-43(35)47(38-24-9-3-10-25-38)39-26-11-4-12-27-39;1-2;2*2-1(3,4)5;/h1-16,18-27,30-33,40-41H,17,28-29H2;;;;/q;;2*-1;+2. The minimum Gasteiger partial charge on any atom is 2.00 e. The molecule has 0 aromatic heterocycles. The Morgan fingerprint density at radius 2 is 0.667 bits per heavy atom. The molecule has 1 fully saturated rings. The molecule has 310 valence electrons. The number of benzene rings is 6. The Morgan fingerprint density at radius 3 is 0.933 bits per heavy atom. The van der Waals surface area contributed by atoms with E-state index in [-0.39, 0.29) is 29.2 Å². The molecule has 0 saturated heterocycles. The molecule has 2 unspecified atom stereocenters. The maximum atomic E-state index is 9.75. The van der Waals surface area contributed by atoms with E-state index in [1.807, 2.05) is 0 Å². The van der Waals surface area contributed by atoms with Crippen molar-refractivity contribution in [2.45, 2.75) is 31.3 Å². The van der Waals surface area contributed by atoms with Gasteiger partial charge in [0.05, 0.1) is 12.1 Å². The largest absolute Gasteiger partial charge is 2.00 e. The first-order valence-corrected chi connectivity index (χ1v) is 21.0. The summed E-state index contributed by atoms with van der Waals surface area (Å²) in [6.07, 6.45) is 7.54. The normalized spacial score (nSPS) is 14.9. The van der Waals surface area contributed by atoms with Gasteiger partial charge >= 0.3 is 42.9 Å². The molecule has 0 heterocycles. The number of hydrogen-bond acceptors (Lipinski definition) is 2. The smallest absolute Gasteiger partial charge is 2.00 e. The fourth-order valence-corrected chi connectivity index (χ4v) is 11.2. The van der Waals surface area contributed by atoms with Gasteiger partial charge in [-0.05, 0) is 66.9 Å². The molecule has 0 radical (unpaired) electrons. The average Bonchev–Trinajstić information content (AvgIpc) is 3.69. The summed E-state index contributed by atoms with van der Waals surface area (Å²) in [5.74, 6) is 0. The van der Waals surface area contributed by atoms with Crippen LogP contribution in [0.1, 0.15) is 30.4 Å². The third kappa shape index (κ3) is 16.8. The molecule has 0 bridgehead atoms. The van der Waals surface area contributed by atoms with Crippen LogP contribution in [0.4, 0.5) is 34.5 Å². The van der Waals surface area contributed by atoms with Gasteiger partial charge in [0.2, 0.25) is 0 Å². The Morgan fingerprint density at radius 1 is 0.433 bits per heavy atom. The summed E-state index contributed by atoms with van der Waals surface area (Å²) in [5, 5.41) is 8.08. The molecule has 1 aliphatic rings. The van der Waals surface area contributed by atoms with E-state index < -0.39 is 30.4 Å². The van der Waals surface area contributed by atoms with E-state index in [9.17, 15) is 34.5 Å². The number of aliphatic imine (C=N–C) groups is 2. The molecule has 1 aliphatic carbocycles. The summed E-state index contributed by atoms with van der Waals surface area (Å²) in [6, 6.07) is 61.6. The Hall–Kier alpha value is -4.65. The molecule has 2 atom stereocenters. The number of halogens is 8. The molecule has 1 saturated carbocycles. The van der Waals surface area contributed by atoms with Gasteiger partial charge in [-0.3, -0.25) is 9.98 Å². The van der Waals surface area contributed by atoms with Crippen molar-refractivity contribution in [3.05, 3.63) is 188 Å². The molecule has 16 heteroatoms. The SMILES string of the molecule is C(=NC1CCCC1N=Cc1ccccc1P(c1ccccc1)c1ccccc1)c1ccccc1P(c1ccccc1)c1ccccc1.F[B-](F)(F)F.F[B-](F)(F)F.[C-]#[O+].[Fe+2]. The van der Waals surface area contributed by atoms with Gasteiger partial charge in [0.1, 0.15) is 0 Å². The zero-order chi connectivity index (χ0) is 42.7. The molecule has 60 heavy (non-hydrogen) atoms. The quantitative estimate of drug-likeness (QED) is 0.0329. The van der Waals surface area contributed by atoms with Gasteiger partial charge in [-0.1, -0.05) is 170 Å². The van der Waals surface area contributed by atoms with Gasteiger partial charge in [-0.15, -0.1) is 0 Å². The van der Waals surface area contributed by atoms with E-state index in [0.29, 0.717) is 0 Å². The van der Waals surface area contributed by atoms with E-state index in [1.54, 1.807) is 0 Å². The molecule has 3 nitrogen and oxygen atoms in total. The van der Waals surface area contributed by atoms with Gasteiger partial charge in [-0.25, -0.2) is 0 Å². The fraction of sp³-hybridized carbons (Fsp3) is 0.114. The maximum Gasteiger partial charge on any atom is 2.00 e. The summed E-state index contributed by atoms with van der Waals surface area (Å²) in [7, 11) is -13.4. The Labute approximate surface area is 358 Å². The second-order valence-electron chi connectivity index (χ2n) is 12.7. The van der Waals surface area contributed by atoms with Crippen LogP contribution in [0, 0.1) is 6.65 Å². The van der Waals surface area contributed by atoms with Gasteiger partial charge < -0.3 is 34.5 Å². The van der Waals surface area contributed by atoms with Crippen molar-refractivity contribution in [2.75, 3.05) is 0 Å². The fourth-order valence-electron chi connectivity index (χ4n) is 6.38. The Bertz CT molecular complexity index is 1980. The van der Waals surface area contributed by atoms with Crippen molar-refractivity contribution in [1.82, 2.24) is 0 Å². The van der Waals surface area contributed by atoms with Crippen LogP contribution in [0.5, 0.6) is 0 Å². The molecule has 6 aromatic carbocycles. The van der Waals surface area contributed by atoms with Crippen LogP contribution < -0.4 is 31.8 Å². The topological polar surface area (TPSA) is 44.6 Å². The molecule has 7 rings (SSSR count). The summed E-state index contributed by atoms with van der Waals surface area (Å²) in [5.41, 5.74) is 2.39. The van der Waals surface area contributed by atoms with E-state index in [2.05, 4.69) is 189 Å². The molecule has 0 aliphatic heterocycles. The summed E-state index contributed by atoms with van der Waals surface area (Å²) in [4.78, 5) is 10.5. The summed E-state index contributed by atoms with van der Waals surface area (Å²) < 4.78 is 85.5. The minimum atomic E-state index is -6.00. The van der Waals surface area contributed by atoms with E-state index in [4.69, 9.17) is 14.6 Å². The van der Waals surface area contributed by atoms with E-state index in [1.165, 1.54) is 43.0 Å². The van der Waals surface area contributed by atoms with Crippen LogP contribution in [0.25, 0.3) is 0 Å². The first kappa shape index (κ1) is 49.7. The minimum absolute atomic E-state index is 0. The van der Waals surface area contributed by atoms with Crippen LogP contribution in [0.15, 0.2) is 180 Å². The van der Waals surface area contributed by atoms with Crippen molar-refractivity contribution >= 4 is 74.6 Å². The zero-order valence-electron chi connectivity index (χ0n) is 31.8. The van der Waals surface area contributed by atoms with Crippen molar-refractivity contribution in [2.24, 2.45) is 9.98 Å². The van der Waals surface area contributed by atoms with Crippen molar-refractivity contribution in [3.8, 4) is 0 Å². The summed E-state index contributed by atoms with van der Waals surface area (Å²) >= 11 is 0. The number of nitrogens with zero attached hydrogens (tertiary/aromatic N) is 2. The monoisotopic (exact) mass is 902 g/mol. The van der Waals surface area contributed by atoms with E-state index >= 15 is 0 Å². The average molecular weight is 902 g/mol. The first-order chi connectivity index (χ1) is 28.3. The van der Waals surface area contributed by atoms with Gasteiger partial charge in [0.15, 0.2) is 0 Å². The van der Waals surface area contributed by atoms with Gasteiger partial charge in [0, 0.05) is 23.6 Å². The van der Waals surface area contributed by atoms with Gasteiger partial charge in [-0.2, -0.15) is 0 Å². The van der Waals surface area contributed by atoms with Crippen LogP contribution in [-0.4, -0.2) is 39.0 Å². The second-order valence-corrected chi connectivity index (χ2v) is 17.1. The van der Waals surface area contributed by atoms with Crippen molar-refractivity contribution in [3.63, 3.8) is 0 Å².